The molecule has 0 N–H and O–H groups in total. The minimum absolute atomic E-state index is 0.166. The Morgan fingerprint density at radius 2 is 1.52 bits per heavy atom. The largest absolute Gasteiger partial charge is 0.385 e. The van der Waals surface area contributed by atoms with Crippen molar-refractivity contribution in [2.75, 3.05) is 20.3 Å². The molecular weight excluding hydrogens is 308 g/mol. The van der Waals surface area contributed by atoms with E-state index in [2.05, 4.69) is 74.5 Å². The Balaban J connectivity index is 1.93. The summed E-state index contributed by atoms with van der Waals surface area (Å²) in [6.07, 6.45) is 4.33. The van der Waals surface area contributed by atoms with Gasteiger partial charge in [-0.25, -0.2) is 0 Å². The Morgan fingerprint density at radius 3 is 2.16 bits per heavy atom. The predicted octanol–water partition coefficient (Wildman–Crippen LogP) is 5.62. The average molecular weight is 341 g/mol. The molecule has 0 heterocycles. The van der Waals surface area contributed by atoms with Crippen LogP contribution in [-0.4, -0.2) is 25.9 Å². The highest BCUT2D eigenvalue weighted by Gasteiger charge is 2.22. The zero-order valence-corrected chi connectivity index (χ0v) is 15.9. The Morgan fingerprint density at radius 1 is 0.880 bits per heavy atom. The van der Waals surface area contributed by atoms with E-state index in [1.807, 2.05) is 0 Å². The Hall–Kier alpha value is -1.64. The van der Waals surface area contributed by atoms with Gasteiger partial charge in [-0.1, -0.05) is 67.1 Å². The first-order valence-electron chi connectivity index (χ1n) is 9.32. The van der Waals surface area contributed by atoms with Crippen LogP contribution in [0.1, 0.15) is 50.2 Å². The molecule has 0 amide bonds. The smallest absolute Gasteiger partial charge is 0.0666 e. The molecule has 2 nitrogen and oxygen atoms in total. The van der Waals surface area contributed by atoms with Crippen LogP contribution in [0.15, 0.2) is 60.7 Å². The molecule has 0 fully saturated rings. The summed E-state index contributed by atoms with van der Waals surface area (Å²) in [5.41, 5.74) is 2.53. The van der Waals surface area contributed by atoms with Crippen molar-refractivity contribution in [3.05, 3.63) is 71.8 Å². The van der Waals surface area contributed by atoms with Crippen molar-refractivity contribution in [3.8, 4) is 0 Å². The van der Waals surface area contributed by atoms with Gasteiger partial charge in [0.2, 0.25) is 0 Å². The lowest BCUT2D eigenvalue weighted by Crippen LogP contribution is -2.29. The first-order valence-corrected chi connectivity index (χ1v) is 9.32. The third-order valence-corrected chi connectivity index (χ3v) is 4.57. The van der Waals surface area contributed by atoms with Gasteiger partial charge < -0.3 is 9.47 Å². The van der Waals surface area contributed by atoms with Crippen molar-refractivity contribution < 1.29 is 9.47 Å². The number of benzene rings is 2. The molecule has 0 aliphatic carbocycles. The van der Waals surface area contributed by atoms with Crippen molar-refractivity contribution in [2.24, 2.45) is 0 Å². The SMILES string of the molecule is COCCCCC(COC(C)(C)Cc1ccccc1)c1ccccc1. The van der Waals surface area contributed by atoms with Crippen LogP contribution in [0.3, 0.4) is 0 Å². The summed E-state index contributed by atoms with van der Waals surface area (Å²) in [4.78, 5) is 0. The molecule has 0 aromatic heterocycles. The monoisotopic (exact) mass is 340 g/mol. The highest BCUT2D eigenvalue weighted by molar-refractivity contribution is 5.20. The normalized spacial score (nSPS) is 12.9. The van der Waals surface area contributed by atoms with Crippen LogP contribution >= 0.6 is 0 Å². The maximum absolute atomic E-state index is 6.38. The van der Waals surface area contributed by atoms with E-state index in [0.29, 0.717) is 5.92 Å². The van der Waals surface area contributed by atoms with E-state index in [1.54, 1.807) is 7.11 Å². The molecule has 2 aromatic carbocycles. The molecule has 0 aliphatic rings. The second-order valence-corrected chi connectivity index (χ2v) is 7.33. The predicted molar refractivity (Wildman–Crippen MR) is 105 cm³/mol. The molecule has 0 aliphatic heterocycles. The number of ether oxygens (including phenoxy) is 2. The van der Waals surface area contributed by atoms with Gasteiger partial charge in [-0.05, 0) is 37.8 Å². The summed E-state index contributed by atoms with van der Waals surface area (Å²) >= 11 is 0. The topological polar surface area (TPSA) is 18.5 Å². The number of methoxy groups -OCH3 is 1. The summed E-state index contributed by atoms with van der Waals surface area (Å²) in [6, 6.07) is 21.3. The van der Waals surface area contributed by atoms with E-state index in [1.165, 1.54) is 11.1 Å². The molecule has 2 aromatic rings. The Bertz CT molecular complexity index is 578. The molecule has 0 saturated heterocycles. The van der Waals surface area contributed by atoms with E-state index in [4.69, 9.17) is 9.47 Å². The van der Waals surface area contributed by atoms with Crippen molar-refractivity contribution in [2.45, 2.75) is 51.0 Å². The van der Waals surface area contributed by atoms with E-state index in [-0.39, 0.29) is 5.60 Å². The fraction of sp³-hybridized carbons (Fsp3) is 0.478. The molecule has 0 saturated carbocycles. The second kappa shape index (κ2) is 10.4. The molecule has 1 atom stereocenters. The molecule has 2 rings (SSSR count). The lowest BCUT2D eigenvalue weighted by Gasteiger charge is -2.29. The van der Waals surface area contributed by atoms with E-state index >= 15 is 0 Å². The first-order chi connectivity index (χ1) is 12.1. The van der Waals surface area contributed by atoms with Crippen molar-refractivity contribution in [3.63, 3.8) is 0 Å². The second-order valence-electron chi connectivity index (χ2n) is 7.33. The van der Waals surface area contributed by atoms with Gasteiger partial charge in [0.15, 0.2) is 0 Å². The minimum atomic E-state index is -0.166. The number of hydrogen-bond acceptors (Lipinski definition) is 2. The first kappa shape index (κ1) is 19.7. The molecule has 25 heavy (non-hydrogen) atoms. The van der Waals surface area contributed by atoms with Crippen LogP contribution in [0.2, 0.25) is 0 Å². The van der Waals surface area contributed by atoms with E-state index in [9.17, 15) is 0 Å². The standard InChI is InChI=1S/C23H32O2/c1-23(2,18-20-12-6-4-7-13-20)25-19-22(16-10-11-17-24-3)21-14-8-5-9-15-21/h4-9,12-15,22H,10-11,16-19H2,1-3H3. The molecule has 2 heteroatoms. The maximum atomic E-state index is 6.38. The van der Waals surface area contributed by atoms with Gasteiger partial charge in [-0.2, -0.15) is 0 Å². The third-order valence-electron chi connectivity index (χ3n) is 4.57. The zero-order chi connectivity index (χ0) is 18.0. The number of rotatable bonds is 11. The molecular formula is C23H32O2. The lowest BCUT2D eigenvalue weighted by atomic mass is 9.93. The fourth-order valence-electron chi connectivity index (χ4n) is 3.17. The van der Waals surface area contributed by atoms with Gasteiger partial charge in [-0.3, -0.25) is 0 Å². The van der Waals surface area contributed by atoms with Crippen LogP contribution in [0.5, 0.6) is 0 Å². The highest BCUT2D eigenvalue weighted by atomic mass is 16.5. The van der Waals surface area contributed by atoms with Gasteiger partial charge in [0.1, 0.15) is 0 Å². The molecule has 0 spiro atoms. The van der Waals surface area contributed by atoms with Crippen molar-refractivity contribution >= 4 is 0 Å². The molecule has 1 unspecified atom stereocenters. The molecule has 0 radical (unpaired) electrons. The summed E-state index contributed by atoms with van der Waals surface area (Å²) in [5.74, 6) is 0.438. The maximum Gasteiger partial charge on any atom is 0.0666 e. The van der Waals surface area contributed by atoms with Gasteiger partial charge in [0.25, 0.3) is 0 Å². The summed E-state index contributed by atoms with van der Waals surface area (Å²) in [6.45, 7) is 5.97. The van der Waals surface area contributed by atoms with Crippen molar-refractivity contribution in [1.29, 1.82) is 0 Å². The van der Waals surface area contributed by atoms with Gasteiger partial charge in [0.05, 0.1) is 12.2 Å². The molecule has 136 valence electrons. The van der Waals surface area contributed by atoms with Crippen LogP contribution in [0.25, 0.3) is 0 Å². The quantitative estimate of drug-likeness (QED) is 0.494. The minimum Gasteiger partial charge on any atom is -0.385 e. The van der Waals surface area contributed by atoms with Gasteiger partial charge in [0, 0.05) is 26.1 Å². The van der Waals surface area contributed by atoms with Crippen molar-refractivity contribution in [1.82, 2.24) is 0 Å². The number of unbranched alkanes of at least 4 members (excludes halogenated alkanes) is 1. The van der Waals surface area contributed by atoms with Gasteiger partial charge in [-0.15, -0.1) is 0 Å². The number of hydrogen-bond donors (Lipinski definition) is 0. The third kappa shape index (κ3) is 7.41. The zero-order valence-electron chi connectivity index (χ0n) is 15.9. The summed E-state index contributed by atoms with van der Waals surface area (Å²) in [5, 5.41) is 0. The molecule has 0 bridgehead atoms. The lowest BCUT2D eigenvalue weighted by molar-refractivity contribution is -0.0255. The van der Waals surface area contributed by atoms with Crippen LogP contribution in [0, 0.1) is 0 Å². The Labute approximate surface area is 153 Å². The van der Waals surface area contributed by atoms with E-state index in [0.717, 1.165) is 38.9 Å². The highest BCUT2D eigenvalue weighted by Crippen LogP contribution is 2.26. The Kier molecular flexibility index (Phi) is 8.17. The van der Waals surface area contributed by atoms with Crippen LogP contribution in [0.4, 0.5) is 0 Å². The fourth-order valence-corrected chi connectivity index (χ4v) is 3.17. The summed E-state index contributed by atoms with van der Waals surface area (Å²) < 4.78 is 11.6. The average Bonchev–Trinajstić information content (AvgIpc) is 2.62. The van der Waals surface area contributed by atoms with Crippen LogP contribution in [-0.2, 0) is 15.9 Å². The van der Waals surface area contributed by atoms with Crippen LogP contribution < -0.4 is 0 Å². The van der Waals surface area contributed by atoms with E-state index < -0.39 is 0 Å². The van der Waals surface area contributed by atoms with Gasteiger partial charge >= 0.3 is 0 Å². The summed E-state index contributed by atoms with van der Waals surface area (Å²) in [7, 11) is 1.77.